The van der Waals surface area contributed by atoms with Gasteiger partial charge in [-0.1, -0.05) is 61.5 Å². The van der Waals surface area contributed by atoms with E-state index in [2.05, 4.69) is 92.0 Å². The summed E-state index contributed by atoms with van der Waals surface area (Å²) in [6, 6.07) is 1.84. The maximum atomic E-state index is 4.19. The van der Waals surface area contributed by atoms with Gasteiger partial charge in [0.1, 0.15) is 0 Å². The van der Waals surface area contributed by atoms with Crippen LogP contribution in [-0.2, 0) is 21.7 Å². The van der Waals surface area contributed by atoms with E-state index < -0.39 is 6.04 Å². The first-order valence-corrected chi connectivity index (χ1v) is 19.1. The van der Waals surface area contributed by atoms with Crippen LogP contribution < -0.4 is 5.19 Å². The Kier molecular flexibility index (Phi) is 7.73. The summed E-state index contributed by atoms with van der Waals surface area (Å²) in [7, 11) is 0. The van der Waals surface area contributed by atoms with Crippen LogP contribution in [0, 0.1) is 0 Å². The average molecular weight is 570 g/mol. The maximum absolute atomic E-state index is 4.19. The van der Waals surface area contributed by atoms with E-state index >= 15 is 0 Å². The van der Waals surface area contributed by atoms with Crippen LogP contribution in [0.4, 0.5) is 0 Å². The molecule has 31 heavy (non-hydrogen) atoms. The van der Waals surface area contributed by atoms with Crippen molar-refractivity contribution in [1.29, 1.82) is 0 Å². The van der Waals surface area contributed by atoms with Crippen LogP contribution in [0.25, 0.3) is 0 Å². The predicted molar refractivity (Wildman–Crippen MR) is 148 cm³/mol. The summed E-state index contributed by atoms with van der Waals surface area (Å²) in [6.07, 6.45) is 12.8. The van der Waals surface area contributed by atoms with Crippen LogP contribution >= 0.6 is 30.6 Å². The fourth-order valence-electron chi connectivity index (χ4n) is 7.94. The molecule has 3 heteroatoms. The van der Waals surface area contributed by atoms with Crippen LogP contribution in [0.5, 0.6) is 0 Å². The number of benzene rings is 1. The van der Waals surface area contributed by atoms with Crippen LogP contribution in [0.2, 0.25) is 0 Å². The second-order valence-corrected chi connectivity index (χ2v) is 19.6. The van der Waals surface area contributed by atoms with E-state index in [1.807, 2.05) is 0 Å². The zero-order valence-electron chi connectivity index (χ0n) is 21.4. The second kappa shape index (κ2) is 9.21. The molecule has 0 spiro atoms. The monoisotopic (exact) mass is 567 g/mol. The van der Waals surface area contributed by atoms with Crippen LogP contribution in [0.3, 0.4) is 0 Å². The largest absolute Gasteiger partial charge is 0.249 e. The first kappa shape index (κ1) is 26.0. The van der Waals surface area contributed by atoms with Gasteiger partial charge in [-0.3, -0.25) is 0 Å². The highest BCUT2D eigenvalue weighted by atomic mass is 79.9. The number of hydrogen-bond acceptors (Lipinski definition) is 0. The lowest BCUT2D eigenvalue weighted by Gasteiger charge is -2.36. The number of fused-ring (bicyclic) bond motifs is 2. The van der Waals surface area contributed by atoms with Gasteiger partial charge in [0.15, 0.2) is 0 Å². The summed E-state index contributed by atoms with van der Waals surface area (Å²) in [6.45, 7) is 19.6. The standard InChI is InChI=1S/C28H45Br2Si/c1-9-25(10-2)18-27(13-5,14-6)22-20(25)17-21-23(24(22)31(29)30)28(15-7,16-8)19-26(21,11-3)12-4/h17H,9-16,18-19H2,1-8H3. The molecular weight excluding hydrogens is 524 g/mol. The third kappa shape index (κ3) is 3.44. The zero-order valence-corrected chi connectivity index (χ0v) is 25.6. The van der Waals surface area contributed by atoms with Crippen molar-refractivity contribution >= 4 is 41.8 Å². The van der Waals surface area contributed by atoms with Crippen molar-refractivity contribution in [3.8, 4) is 0 Å². The number of hydrogen-bond donors (Lipinski definition) is 0. The Morgan fingerprint density at radius 2 is 0.871 bits per heavy atom. The van der Waals surface area contributed by atoms with Crippen molar-refractivity contribution in [3.05, 3.63) is 28.3 Å². The normalized spacial score (nSPS) is 22.0. The minimum absolute atomic E-state index is 0.333. The summed E-state index contributed by atoms with van der Waals surface area (Å²) < 4.78 is 0. The molecule has 0 unspecified atom stereocenters. The van der Waals surface area contributed by atoms with Gasteiger partial charge in [-0.05, 0) is 113 Å². The van der Waals surface area contributed by atoms with E-state index in [-0.39, 0.29) is 0 Å². The maximum Gasteiger partial charge on any atom is 0.249 e. The van der Waals surface area contributed by atoms with Crippen molar-refractivity contribution in [2.75, 3.05) is 0 Å². The quantitative estimate of drug-likeness (QED) is 0.206. The van der Waals surface area contributed by atoms with Crippen LogP contribution in [-0.4, -0.2) is 6.04 Å². The lowest BCUT2D eigenvalue weighted by atomic mass is 9.70. The lowest BCUT2D eigenvalue weighted by Crippen LogP contribution is -2.39. The Bertz CT molecular complexity index is 733. The van der Waals surface area contributed by atoms with Gasteiger partial charge in [0.25, 0.3) is 0 Å². The Morgan fingerprint density at radius 1 is 0.581 bits per heavy atom. The molecule has 0 nitrogen and oxygen atoms in total. The molecule has 0 aromatic heterocycles. The summed E-state index contributed by atoms with van der Waals surface area (Å²) in [5, 5.41) is 1.73. The van der Waals surface area contributed by atoms with E-state index in [0.29, 0.717) is 21.7 Å². The van der Waals surface area contributed by atoms with E-state index in [4.69, 9.17) is 0 Å². The lowest BCUT2D eigenvalue weighted by molar-refractivity contribution is 0.279. The van der Waals surface area contributed by atoms with E-state index in [1.54, 1.807) is 27.4 Å². The second-order valence-electron chi connectivity index (χ2n) is 10.7. The van der Waals surface area contributed by atoms with Gasteiger partial charge in [0, 0.05) is 0 Å². The van der Waals surface area contributed by atoms with E-state index in [0.717, 1.165) is 0 Å². The Hall–Kier alpha value is 0.397. The molecule has 0 N–H and O–H groups in total. The molecule has 0 amide bonds. The molecule has 2 aliphatic carbocycles. The molecule has 1 radical (unpaired) electrons. The van der Waals surface area contributed by atoms with Gasteiger partial charge >= 0.3 is 0 Å². The predicted octanol–water partition coefficient (Wildman–Crippen LogP) is 9.21. The van der Waals surface area contributed by atoms with Crippen molar-refractivity contribution in [2.24, 2.45) is 0 Å². The number of halogens is 2. The summed E-state index contributed by atoms with van der Waals surface area (Å²) in [5.74, 6) is 0. The summed E-state index contributed by atoms with van der Waals surface area (Å²) >= 11 is 8.38. The first-order chi connectivity index (χ1) is 14.7. The van der Waals surface area contributed by atoms with Gasteiger partial charge in [0.05, 0.1) is 0 Å². The molecule has 0 aliphatic heterocycles. The Morgan fingerprint density at radius 3 is 1.10 bits per heavy atom. The summed E-state index contributed by atoms with van der Waals surface area (Å²) in [4.78, 5) is 0. The van der Waals surface area contributed by atoms with Gasteiger partial charge in [-0.15, -0.1) is 30.6 Å². The highest BCUT2D eigenvalue weighted by molar-refractivity contribution is 9.49. The van der Waals surface area contributed by atoms with Crippen LogP contribution in [0.15, 0.2) is 6.07 Å². The third-order valence-corrected chi connectivity index (χ3v) is 13.7. The Labute approximate surface area is 210 Å². The van der Waals surface area contributed by atoms with Crippen molar-refractivity contribution in [3.63, 3.8) is 0 Å². The van der Waals surface area contributed by atoms with Crippen molar-refractivity contribution < 1.29 is 0 Å². The molecular formula is C28H45Br2Si. The molecule has 175 valence electrons. The average Bonchev–Trinajstić information content (AvgIpc) is 3.26. The Balaban J connectivity index is 2.56. The molecule has 1 aromatic rings. The van der Waals surface area contributed by atoms with Crippen LogP contribution in [0.1, 0.15) is 142 Å². The van der Waals surface area contributed by atoms with Crippen molar-refractivity contribution in [2.45, 2.75) is 141 Å². The van der Waals surface area contributed by atoms with E-state index in [1.165, 1.54) is 64.2 Å². The molecule has 0 heterocycles. The smallest absolute Gasteiger partial charge is 0.106 e. The highest BCUT2D eigenvalue weighted by Crippen LogP contribution is 2.62. The molecule has 0 atom stereocenters. The number of rotatable bonds is 9. The van der Waals surface area contributed by atoms with Crippen molar-refractivity contribution in [1.82, 2.24) is 0 Å². The van der Waals surface area contributed by atoms with Gasteiger partial charge in [-0.25, -0.2) is 0 Å². The third-order valence-electron chi connectivity index (χ3n) is 10.5. The highest BCUT2D eigenvalue weighted by Gasteiger charge is 2.56. The van der Waals surface area contributed by atoms with Gasteiger partial charge < -0.3 is 0 Å². The molecule has 0 bridgehead atoms. The molecule has 3 rings (SSSR count). The fourth-order valence-corrected chi connectivity index (χ4v) is 11.5. The molecule has 0 saturated carbocycles. The topological polar surface area (TPSA) is 0 Å². The van der Waals surface area contributed by atoms with Gasteiger partial charge in [-0.2, -0.15) is 0 Å². The first-order valence-electron chi connectivity index (χ1n) is 13.1. The molecule has 1 aromatic carbocycles. The SMILES string of the molecule is CCC1(CC)CC(CC)(CC)c2c1cc1c(c2[Si](Br)Br)C(CC)(CC)CC1(CC)CC. The fraction of sp³-hybridized carbons (Fsp3) is 0.786. The summed E-state index contributed by atoms with van der Waals surface area (Å²) in [5.41, 5.74) is 8.39. The minimum atomic E-state index is -0.946. The molecule has 0 fully saturated rings. The van der Waals surface area contributed by atoms with E-state index in [9.17, 15) is 0 Å². The minimum Gasteiger partial charge on any atom is -0.106 e. The molecule has 2 aliphatic rings. The zero-order chi connectivity index (χ0) is 23.2. The molecule has 0 saturated heterocycles. The van der Waals surface area contributed by atoms with Gasteiger partial charge in [0.2, 0.25) is 6.04 Å².